The summed E-state index contributed by atoms with van der Waals surface area (Å²) in [7, 11) is 0. The summed E-state index contributed by atoms with van der Waals surface area (Å²) in [6.07, 6.45) is 4.58. The molecule has 1 aliphatic rings. The average molecular weight is 243 g/mol. The molecule has 0 radical (unpaired) electrons. The van der Waals surface area contributed by atoms with Gasteiger partial charge in [0.1, 0.15) is 0 Å². The van der Waals surface area contributed by atoms with E-state index in [9.17, 15) is 9.59 Å². The first kappa shape index (κ1) is 14.0. The highest BCUT2D eigenvalue weighted by Crippen LogP contribution is 2.12. The second-order valence-electron chi connectivity index (χ2n) is 4.33. The Morgan fingerprint density at radius 1 is 1.35 bits per heavy atom. The summed E-state index contributed by atoms with van der Waals surface area (Å²) in [5.41, 5.74) is 0. The van der Waals surface area contributed by atoms with Gasteiger partial charge in [0.25, 0.3) is 0 Å². The summed E-state index contributed by atoms with van der Waals surface area (Å²) in [6.45, 7) is 3.05. The fourth-order valence-electron chi connectivity index (χ4n) is 1.95. The summed E-state index contributed by atoms with van der Waals surface area (Å²) in [4.78, 5) is 24.3. The lowest BCUT2D eigenvalue weighted by atomic mass is 10.1. The molecule has 0 aliphatic carbocycles. The molecule has 17 heavy (non-hydrogen) atoms. The van der Waals surface area contributed by atoms with Gasteiger partial charge in [0.15, 0.2) is 6.04 Å². The van der Waals surface area contributed by atoms with Gasteiger partial charge in [0.2, 0.25) is 5.91 Å². The number of nitrogens with zero attached hydrogens (tertiary/aromatic N) is 1. The van der Waals surface area contributed by atoms with Crippen molar-refractivity contribution in [2.45, 2.75) is 45.1 Å². The standard InChI is InChI=1S/C12H21NO4/c1-2-3-4-5-6-11(14)13-7-8-17-9-10(13)12(15)16/h10H,2-9H2,1H3,(H,15,16). The molecular formula is C12H21NO4. The van der Waals surface area contributed by atoms with Crippen LogP contribution in [0, 0.1) is 0 Å². The van der Waals surface area contributed by atoms with Crippen LogP contribution in [0.2, 0.25) is 0 Å². The van der Waals surface area contributed by atoms with Crippen LogP contribution in [0.5, 0.6) is 0 Å². The maximum Gasteiger partial charge on any atom is 0.328 e. The summed E-state index contributed by atoms with van der Waals surface area (Å²) < 4.78 is 5.09. The van der Waals surface area contributed by atoms with E-state index in [0.29, 0.717) is 19.6 Å². The smallest absolute Gasteiger partial charge is 0.328 e. The molecule has 0 bridgehead atoms. The van der Waals surface area contributed by atoms with Crippen LogP contribution in [0.15, 0.2) is 0 Å². The van der Waals surface area contributed by atoms with Gasteiger partial charge in [-0.1, -0.05) is 26.2 Å². The number of unbranched alkanes of at least 4 members (excludes halogenated alkanes) is 3. The Bertz CT molecular complexity index is 267. The molecule has 98 valence electrons. The number of carbonyl (C=O) groups excluding carboxylic acids is 1. The van der Waals surface area contributed by atoms with E-state index in [2.05, 4.69) is 6.92 Å². The number of hydrogen-bond acceptors (Lipinski definition) is 3. The molecule has 1 unspecified atom stereocenters. The highest BCUT2D eigenvalue weighted by atomic mass is 16.5. The molecule has 1 saturated heterocycles. The number of carboxylic acid groups (broad SMARTS) is 1. The van der Waals surface area contributed by atoms with Crippen LogP contribution >= 0.6 is 0 Å². The van der Waals surface area contributed by atoms with E-state index in [1.54, 1.807) is 0 Å². The number of ether oxygens (including phenoxy) is 1. The van der Waals surface area contributed by atoms with Crippen molar-refractivity contribution in [3.8, 4) is 0 Å². The van der Waals surface area contributed by atoms with Gasteiger partial charge in [-0.2, -0.15) is 0 Å². The van der Waals surface area contributed by atoms with Crippen LogP contribution in [-0.4, -0.2) is 47.7 Å². The second-order valence-corrected chi connectivity index (χ2v) is 4.33. The molecule has 1 amide bonds. The molecule has 0 saturated carbocycles. The van der Waals surface area contributed by atoms with Crippen molar-refractivity contribution in [1.29, 1.82) is 0 Å². The molecular weight excluding hydrogens is 222 g/mol. The van der Waals surface area contributed by atoms with Crippen LogP contribution in [0.25, 0.3) is 0 Å². The summed E-state index contributed by atoms with van der Waals surface area (Å²) in [6, 6.07) is -0.803. The largest absolute Gasteiger partial charge is 0.480 e. The number of carbonyl (C=O) groups is 2. The lowest BCUT2D eigenvalue weighted by molar-refractivity contribution is -0.158. The highest BCUT2D eigenvalue weighted by Gasteiger charge is 2.32. The highest BCUT2D eigenvalue weighted by molar-refractivity contribution is 5.83. The monoisotopic (exact) mass is 243 g/mol. The van der Waals surface area contributed by atoms with E-state index >= 15 is 0 Å². The third-order valence-corrected chi connectivity index (χ3v) is 2.98. The maximum absolute atomic E-state index is 11.9. The molecule has 1 atom stereocenters. The SMILES string of the molecule is CCCCCCC(=O)N1CCOCC1C(=O)O. The molecule has 0 aromatic carbocycles. The minimum absolute atomic E-state index is 0.0585. The van der Waals surface area contributed by atoms with Gasteiger partial charge >= 0.3 is 5.97 Å². The average Bonchev–Trinajstić information content (AvgIpc) is 2.34. The van der Waals surface area contributed by atoms with Crippen molar-refractivity contribution in [2.75, 3.05) is 19.8 Å². The second kappa shape index (κ2) is 7.27. The predicted octanol–water partition coefficient (Wildman–Crippen LogP) is 1.27. The molecule has 1 aliphatic heterocycles. The van der Waals surface area contributed by atoms with Gasteiger partial charge in [0.05, 0.1) is 13.2 Å². The van der Waals surface area contributed by atoms with Gasteiger partial charge in [-0.15, -0.1) is 0 Å². The maximum atomic E-state index is 11.9. The summed E-state index contributed by atoms with van der Waals surface area (Å²) >= 11 is 0. The number of rotatable bonds is 6. The minimum Gasteiger partial charge on any atom is -0.480 e. The number of hydrogen-bond donors (Lipinski definition) is 1. The van der Waals surface area contributed by atoms with Gasteiger partial charge in [-0.25, -0.2) is 4.79 Å². The van der Waals surface area contributed by atoms with E-state index in [1.807, 2.05) is 0 Å². The van der Waals surface area contributed by atoms with Crippen molar-refractivity contribution in [3.63, 3.8) is 0 Å². The Morgan fingerprint density at radius 3 is 2.76 bits per heavy atom. The number of carboxylic acids is 1. The van der Waals surface area contributed by atoms with E-state index in [-0.39, 0.29) is 12.5 Å². The zero-order valence-corrected chi connectivity index (χ0v) is 10.4. The normalized spacial score (nSPS) is 20.3. The Kier molecular flexibility index (Phi) is 5.97. The van der Waals surface area contributed by atoms with E-state index in [0.717, 1.165) is 25.7 Å². The van der Waals surface area contributed by atoms with Crippen LogP contribution in [0.3, 0.4) is 0 Å². The summed E-state index contributed by atoms with van der Waals surface area (Å²) in [5, 5.41) is 8.99. The Labute approximate surface area is 102 Å². The Hall–Kier alpha value is -1.10. The molecule has 0 aromatic rings. The fraction of sp³-hybridized carbons (Fsp3) is 0.833. The van der Waals surface area contributed by atoms with E-state index in [4.69, 9.17) is 9.84 Å². The van der Waals surface area contributed by atoms with Gasteiger partial charge in [0, 0.05) is 13.0 Å². The zero-order chi connectivity index (χ0) is 12.7. The van der Waals surface area contributed by atoms with Gasteiger partial charge < -0.3 is 14.7 Å². The lowest BCUT2D eigenvalue weighted by Gasteiger charge is -2.32. The Morgan fingerprint density at radius 2 is 2.12 bits per heavy atom. The Balaban J connectivity index is 2.39. The minimum atomic E-state index is -0.980. The number of morpholine rings is 1. The lowest BCUT2D eigenvalue weighted by Crippen LogP contribution is -2.52. The van der Waals surface area contributed by atoms with Crippen LogP contribution < -0.4 is 0 Å². The third kappa shape index (κ3) is 4.34. The molecule has 5 heteroatoms. The van der Waals surface area contributed by atoms with Gasteiger partial charge in [-0.3, -0.25) is 4.79 Å². The van der Waals surface area contributed by atoms with Crippen molar-refractivity contribution >= 4 is 11.9 Å². The van der Waals surface area contributed by atoms with Crippen molar-refractivity contribution in [3.05, 3.63) is 0 Å². The van der Waals surface area contributed by atoms with Crippen molar-refractivity contribution in [1.82, 2.24) is 4.90 Å². The zero-order valence-electron chi connectivity index (χ0n) is 10.4. The molecule has 1 rings (SSSR count). The molecule has 1 fully saturated rings. The molecule has 1 heterocycles. The number of aliphatic carboxylic acids is 1. The van der Waals surface area contributed by atoms with Gasteiger partial charge in [-0.05, 0) is 6.42 Å². The summed E-state index contributed by atoms with van der Waals surface area (Å²) in [5.74, 6) is -1.04. The predicted molar refractivity (Wildman–Crippen MR) is 62.7 cm³/mol. The van der Waals surface area contributed by atoms with Crippen LogP contribution in [0.1, 0.15) is 39.0 Å². The first-order valence-corrected chi connectivity index (χ1v) is 6.26. The number of amides is 1. The third-order valence-electron chi connectivity index (χ3n) is 2.98. The molecule has 5 nitrogen and oxygen atoms in total. The molecule has 1 N–H and O–H groups in total. The molecule has 0 aromatic heterocycles. The molecule has 0 spiro atoms. The van der Waals surface area contributed by atoms with Crippen LogP contribution in [0.4, 0.5) is 0 Å². The first-order valence-electron chi connectivity index (χ1n) is 6.26. The van der Waals surface area contributed by atoms with Crippen molar-refractivity contribution < 1.29 is 19.4 Å². The van der Waals surface area contributed by atoms with Crippen LogP contribution in [-0.2, 0) is 14.3 Å². The van der Waals surface area contributed by atoms with E-state index in [1.165, 1.54) is 4.90 Å². The van der Waals surface area contributed by atoms with E-state index < -0.39 is 12.0 Å². The quantitative estimate of drug-likeness (QED) is 0.713. The first-order chi connectivity index (χ1) is 8.16. The fourth-order valence-corrected chi connectivity index (χ4v) is 1.95. The topological polar surface area (TPSA) is 66.8 Å². The van der Waals surface area contributed by atoms with Crippen molar-refractivity contribution in [2.24, 2.45) is 0 Å².